The van der Waals surface area contributed by atoms with E-state index in [0.717, 1.165) is 51.4 Å². The molecule has 0 aliphatic heterocycles. The molecule has 0 fully saturated rings. The van der Waals surface area contributed by atoms with Gasteiger partial charge >= 0.3 is 11.9 Å². The van der Waals surface area contributed by atoms with Gasteiger partial charge in [0, 0.05) is 11.1 Å². The van der Waals surface area contributed by atoms with Crippen molar-refractivity contribution in [3.05, 3.63) is 11.1 Å². The van der Waals surface area contributed by atoms with Gasteiger partial charge in [-0.05, 0) is 38.5 Å². The summed E-state index contributed by atoms with van der Waals surface area (Å²) in [6.07, 6.45) is 13.6. The fourth-order valence-electron chi connectivity index (χ4n) is 2.98. The maximum absolute atomic E-state index is 12.7. The highest BCUT2D eigenvalue weighted by atomic mass is 16.5. The zero-order valence-electron chi connectivity index (χ0n) is 18.9. The molecule has 0 aliphatic rings. The van der Waals surface area contributed by atoms with Crippen LogP contribution in [0.1, 0.15) is 118 Å². The Morgan fingerprint density at radius 3 is 1.36 bits per heavy atom. The van der Waals surface area contributed by atoms with E-state index < -0.39 is 0 Å². The minimum absolute atomic E-state index is 0.319. The van der Waals surface area contributed by atoms with Gasteiger partial charge in [0.15, 0.2) is 0 Å². The molecule has 0 saturated heterocycles. The summed E-state index contributed by atoms with van der Waals surface area (Å²) in [4.78, 5) is 25.4. The topological polar surface area (TPSA) is 52.6 Å². The fraction of sp³-hybridized carbons (Fsp3) is 0.833. The van der Waals surface area contributed by atoms with E-state index in [2.05, 4.69) is 27.7 Å². The van der Waals surface area contributed by atoms with E-state index in [1.807, 2.05) is 0 Å². The van der Waals surface area contributed by atoms with Gasteiger partial charge in [-0.25, -0.2) is 9.59 Å². The van der Waals surface area contributed by atoms with E-state index in [9.17, 15) is 9.59 Å². The van der Waals surface area contributed by atoms with Crippen LogP contribution in [0.4, 0.5) is 0 Å². The van der Waals surface area contributed by atoms with Gasteiger partial charge in [-0.2, -0.15) is 0 Å². The van der Waals surface area contributed by atoms with Crippen LogP contribution in [-0.4, -0.2) is 25.2 Å². The number of carbonyl (C=O) groups is 2. The number of hydrogen-bond donors (Lipinski definition) is 0. The molecule has 0 aliphatic carbocycles. The molecule has 0 bridgehead atoms. The number of ether oxygens (including phenoxy) is 2. The molecule has 0 unspecified atom stereocenters. The van der Waals surface area contributed by atoms with E-state index in [1.54, 1.807) is 0 Å². The molecule has 0 aromatic rings. The number of carbonyl (C=O) groups excluding carboxylic acids is 2. The smallest absolute Gasteiger partial charge is 0.334 e. The molecule has 0 heterocycles. The standard InChI is InChI=1S/C24H44O4/c1-5-9-13-14-15-16-18-22(24(26)28-20-12-8-4)21(17-10-6-2)23(25)27-19-11-7-3/h5-20H2,1-4H3. The molecule has 4 nitrogen and oxygen atoms in total. The highest BCUT2D eigenvalue weighted by Gasteiger charge is 2.22. The minimum atomic E-state index is -0.324. The van der Waals surface area contributed by atoms with Crippen LogP contribution in [0.3, 0.4) is 0 Å². The summed E-state index contributed by atoms with van der Waals surface area (Å²) in [5.41, 5.74) is 1.11. The van der Waals surface area contributed by atoms with Crippen molar-refractivity contribution < 1.29 is 19.1 Å². The third-order valence-corrected chi connectivity index (χ3v) is 4.88. The van der Waals surface area contributed by atoms with Crippen LogP contribution in [-0.2, 0) is 19.1 Å². The van der Waals surface area contributed by atoms with Crippen molar-refractivity contribution in [1.82, 2.24) is 0 Å². The van der Waals surface area contributed by atoms with Crippen LogP contribution in [0.15, 0.2) is 11.1 Å². The third kappa shape index (κ3) is 13.0. The molecule has 0 aromatic heterocycles. The lowest BCUT2D eigenvalue weighted by Gasteiger charge is -2.15. The highest BCUT2D eigenvalue weighted by Crippen LogP contribution is 2.22. The lowest BCUT2D eigenvalue weighted by Crippen LogP contribution is -2.18. The van der Waals surface area contributed by atoms with Crippen molar-refractivity contribution in [3.8, 4) is 0 Å². The first-order valence-electron chi connectivity index (χ1n) is 11.7. The lowest BCUT2D eigenvalue weighted by molar-refractivity contribution is -0.142. The van der Waals surface area contributed by atoms with Crippen molar-refractivity contribution >= 4 is 11.9 Å². The summed E-state index contributed by atoms with van der Waals surface area (Å²) in [6.45, 7) is 9.27. The molecule has 0 saturated carbocycles. The largest absolute Gasteiger partial charge is 0.462 e. The van der Waals surface area contributed by atoms with Crippen LogP contribution in [0.2, 0.25) is 0 Å². The first kappa shape index (κ1) is 26.7. The van der Waals surface area contributed by atoms with Gasteiger partial charge in [0.2, 0.25) is 0 Å². The van der Waals surface area contributed by atoms with Crippen molar-refractivity contribution in [2.75, 3.05) is 13.2 Å². The van der Waals surface area contributed by atoms with Crippen LogP contribution < -0.4 is 0 Å². The summed E-state index contributed by atoms with van der Waals surface area (Å²) in [6, 6.07) is 0. The monoisotopic (exact) mass is 396 g/mol. The van der Waals surface area contributed by atoms with Crippen LogP contribution >= 0.6 is 0 Å². The molecule has 0 radical (unpaired) electrons. The number of esters is 2. The summed E-state index contributed by atoms with van der Waals surface area (Å²) in [7, 11) is 0. The summed E-state index contributed by atoms with van der Waals surface area (Å²) >= 11 is 0. The Hall–Kier alpha value is -1.32. The minimum Gasteiger partial charge on any atom is -0.462 e. The molecule has 0 spiro atoms. The van der Waals surface area contributed by atoms with Crippen LogP contribution in [0, 0.1) is 0 Å². The van der Waals surface area contributed by atoms with E-state index in [-0.39, 0.29) is 11.9 Å². The van der Waals surface area contributed by atoms with Crippen molar-refractivity contribution in [2.45, 2.75) is 118 Å². The fourth-order valence-corrected chi connectivity index (χ4v) is 2.98. The lowest BCUT2D eigenvalue weighted by atomic mass is 9.97. The van der Waals surface area contributed by atoms with Gasteiger partial charge in [-0.15, -0.1) is 0 Å². The Bertz CT molecular complexity index is 440. The first-order chi connectivity index (χ1) is 13.6. The highest BCUT2D eigenvalue weighted by molar-refractivity contribution is 6.00. The van der Waals surface area contributed by atoms with Crippen molar-refractivity contribution in [1.29, 1.82) is 0 Å². The second-order valence-corrected chi connectivity index (χ2v) is 7.56. The Balaban J connectivity index is 5.19. The van der Waals surface area contributed by atoms with Gasteiger partial charge in [-0.3, -0.25) is 0 Å². The molecule has 0 rings (SSSR count). The molecule has 0 N–H and O–H groups in total. The number of rotatable bonds is 18. The molecule has 0 amide bonds. The van der Waals surface area contributed by atoms with Gasteiger partial charge in [0.25, 0.3) is 0 Å². The predicted octanol–water partition coefficient (Wildman–Crippen LogP) is 6.91. The maximum atomic E-state index is 12.7. The summed E-state index contributed by atoms with van der Waals surface area (Å²) in [5, 5.41) is 0. The van der Waals surface area contributed by atoms with Gasteiger partial charge in [0.1, 0.15) is 0 Å². The van der Waals surface area contributed by atoms with E-state index in [1.165, 1.54) is 25.7 Å². The van der Waals surface area contributed by atoms with Crippen LogP contribution in [0.5, 0.6) is 0 Å². The second-order valence-electron chi connectivity index (χ2n) is 7.56. The number of hydrogen-bond acceptors (Lipinski definition) is 4. The van der Waals surface area contributed by atoms with E-state index in [0.29, 0.717) is 37.2 Å². The van der Waals surface area contributed by atoms with Crippen LogP contribution in [0.25, 0.3) is 0 Å². The SMILES string of the molecule is CCCCCCCCC(C(=O)OCCCC)=C(CCCC)C(=O)OCCCC. The molecule has 164 valence electrons. The summed E-state index contributed by atoms with van der Waals surface area (Å²) < 4.78 is 10.9. The molecular weight excluding hydrogens is 352 g/mol. The maximum Gasteiger partial charge on any atom is 0.334 e. The normalized spacial score (nSPS) is 11.9. The van der Waals surface area contributed by atoms with Crippen molar-refractivity contribution in [2.24, 2.45) is 0 Å². The molecular formula is C24H44O4. The average Bonchev–Trinajstić information content (AvgIpc) is 2.69. The Morgan fingerprint density at radius 2 is 0.893 bits per heavy atom. The Labute approximate surface area is 173 Å². The van der Waals surface area contributed by atoms with Gasteiger partial charge in [0.05, 0.1) is 13.2 Å². The summed E-state index contributed by atoms with van der Waals surface area (Å²) in [5.74, 6) is -0.643. The van der Waals surface area contributed by atoms with Gasteiger partial charge in [-0.1, -0.05) is 79.1 Å². The Morgan fingerprint density at radius 1 is 0.500 bits per heavy atom. The predicted molar refractivity (Wildman–Crippen MR) is 116 cm³/mol. The number of unbranched alkanes of at least 4 members (excludes halogenated alkanes) is 8. The first-order valence-corrected chi connectivity index (χ1v) is 11.7. The van der Waals surface area contributed by atoms with E-state index >= 15 is 0 Å². The van der Waals surface area contributed by atoms with Gasteiger partial charge < -0.3 is 9.47 Å². The molecule has 0 aromatic carbocycles. The average molecular weight is 397 g/mol. The second kappa shape index (κ2) is 19.0. The zero-order valence-corrected chi connectivity index (χ0v) is 18.9. The quantitative estimate of drug-likeness (QED) is 0.143. The van der Waals surface area contributed by atoms with E-state index in [4.69, 9.17) is 9.47 Å². The third-order valence-electron chi connectivity index (χ3n) is 4.88. The molecule has 0 atom stereocenters. The Kier molecular flexibility index (Phi) is 18.1. The molecule has 4 heteroatoms. The van der Waals surface area contributed by atoms with Crippen molar-refractivity contribution in [3.63, 3.8) is 0 Å². The molecule has 28 heavy (non-hydrogen) atoms. The zero-order chi connectivity index (χ0) is 21.0.